The molecule has 1 heterocycles. The first-order valence-corrected chi connectivity index (χ1v) is 10.1. The Bertz CT molecular complexity index is 1020. The molecule has 0 spiro atoms. The van der Waals surface area contributed by atoms with Gasteiger partial charge < -0.3 is 5.11 Å². The van der Waals surface area contributed by atoms with Gasteiger partial charge in [-0.15, -0.1) is 0 Å². The van der Waals surface area contributed by atoms with Crippen LogP contribution < -0.4 is 0 Å². The molecule has 3 rings (SSSR count). The third-order valence-corrected chi connectivity index (χ3v) is 6.23. The van der Waals surface area contributed by atoms with E-state index in [1.165, 1.54) is 18.2 Å². The van der Waals surface area contributed by atoms with Crippen molar-refractivity contribution in [2.45, 2.75) is 44.1 Å². The number of aliphatic hydroxyl groups excluding tert-OH is 1. The van der Waals surface area contributed by atoms with Gasteiger partial charge in [0.05, 0.1) is 22.2 Å². The number of halogens is 1. The highest BCUT2D eigenvalue weighted by atomic mass is 32.2. The van der Waals surface area contributed by atoms with E-state index in [4.69, 9.17) is 0 Å². The Balaban J connectivity index is 2.23. The van der Waals surface area contributed by atoms with Crippen molar-refractivity contribution in [3.8, 4) is 0 Å². The van der Waals surface area contributed by atoms with Gasteiger partial charge in [-0.1, -0.05) is 37.5 Å². The Labute approximate surface area is 152 Å². The second-order valence-corrected chi connectivity index (χ2v) is 8.30. The number of hydrogen-bond donors (Lipinski definition) is 1. The van der Waals surface area contributed by atoms with Gasteiger partial charge in [0.2, 0.25) is 0 Å². The molecule has 4 nitrogen and oxygen atoms in total. The van der Waals surface area contributed by atoms with Gasteiger partial charge in [-0.2, -0.15) is 0 Å². The number of unbranched alkanes of at least 4 members (excludes halogenated alkanes) is 1. The number of hydrogen-bond acceptors (Lipinski definition) is 3. The smallest absolute Gasteiger partial charge is 0.268 e. The van der Waals surface area contributed by atoms with Gasteiger partial charge in [-0.25, -0.2) is 16.8 Å². The van der Waals surface area contributed by atoms with Gasteiger partial charge in [-0.05, 0) is 49.7 Å². The van der Waals surface area contributed by atoms with Crippen molar-refractivity contribution in [1.82, 2.24) is 3.97 Å². The molecule has 2 aromatic carbocycles. The largest absolute Gasteiger partial charge is 0.387 e. The van der Waals surface area contributed by atoms with Crippen molar-refractivity contribution in [2.24, 2.45) is 0 Å². The van der Waals surface area contributed by atoms with Crippen LogP contribution in [0.5, 0.6) is 0 Å². The highest BCUT2D eigenvalue weighted by molar-refractivity contribution is 7.90. The maximum Gasteiger partial charge on any atom is 0.268 e. The van der Waals surface area contributed by atoms with Gasteiger partial charge in [0.15, 0.2) is 0 Å². The summed E-state index contributed by atoms with van der Waals surface area (Å²) in [6.45, 7) is 3.88. The van der Waals surface area contributed by atoms with Crippen LogP contribution in [-0.2, 0) is 10.0 Å². The van der Waals surface area contributed by atoms with E-state index in [-0.39, 0.29) is 10.6 Å². The van der Waals surface area contributed by atoms with Crippen LogP contribution in [0.15, 0.2) is 53.4 Å². The van der Waals surface area contributed by atoms with E-state index in [0.717, 1.165) is 22.4 Å². The summed E-state index contributed by atoms with van der Waals surface area (Å²) in [6.07, 6.45) is 1.16. The van der Waals surface area contributed by atoms with Crippen molar-refractivity contribution >= 4 is 20.9 Å². The van der Waals surface area contributed by atoms with Gasteiger partial charge in [0.1, 0.15) is 5.82 Å². The zero-order valence-corrected chi connectivity index (χ0v) is 15.6. The average Bonchev–Trinajstić information content (AvgIpc) is 2.99. The minimum Gasteiger partial charge on any atom is -0.387 e. The third kappa shape index (κ3) is 3.39. The lowest BCUT2D eigenvalue weighted by atomic mass is 10.1. The van der Waals surface area contributed by atoms with Crippen molar-refractivity contribution in [3.63, 3.8) is 0 Å². The maximum absolute atomic E-state index is 13.6. The molecule has 1 aromatic heterocycles. The zero-order chi connectivity index (χ0) is 18.9. The second-order valence-electron chi connectivity index (χ2n) is 6.51. The summed E-state index contributed by atoms with van der Waals surface area (Å²) < 4.78 is 41.3. The molecule has 26 heavy (non-hydrogen) atoms. The van der Waals surface area contributed by atoms with Crippen molar-refractivity contribution in [2.75, 3.05) is 0 Å². The van der Waals surface area contributed by atoms with Crippen LogP contribution in [0.25, 0.3) is 10.9 Å². The Hall–Kier alpha value is -2.18. The Morgan fingerprint density at radius 2 is 1.81 bits per heavy atom. The Morgan fingerprint density at radius 1 is 1.12 bits per heavy atom. The third-order valence-electron chi connectivity index (χ3n) is 4.48. The lowest BCUT2D eigenvalue weighted by Gasteiger charge is -2.16. The lowest BCUT2D eigenvalue weighted by Crippen LogP contribution is -2.17. The van der Waals surface area contributed by atoms with E-state index < -0.39 is 21.9 Å². The van der Waals surface area contributed by atoms with Crippen LogP contribution in [0.1, 0.15) is 43.5 Å². The highest BCUT2D eigenvalue weighted by Gasteiger charge is 2.26. The lowest BCUT2D eigenvalue weighted by molar-refractivity contribution is 0.159. The molecule has 3 aromatic rings. The summed E-state index contributed by atoms with van der Waals surface area (Å²) >= 11 is 0. The number of benzene rings is 2. The van der Waals surface area contributed by atoms with Crippen LogP contribution >= 0.6 is 0 Å². The van der Waals surface area contributed by atoms with Crippen molar-refractivity contribution in [3.05, 3.63) is 65.6 Å². The fraction of sp³-hybridized carbons (Fsp3) is 0.300. The minimum atomic E-state index is -3.92. The van der Waals surface area contributed by atoms with E-state index in [1.807, 2.05) is 13.8 Å². The summed E-state index contributed by atoms with van der Waals surface area (Å²) in [6, 6.07) is 12.1. The molecule has 0 aliphatic rings. The van der Waals surface area contributed by atoms with Gasteiger partial charge >= 0.3 is 0 Å². The molecule has 0 bridgehead atoms. The molecule has 0 aliphatic heterocycles. The first kappa shape index (κ1) is 18.6. The molecule has 138 valence electrons. The molecule has 0 fully saturated rings. The number of fused-ring (bicyclic) bond motifs is 1. The standard InChI is InChI=1S/C20H22FNO3S/c1-3-4-5-20(23)19-13-15-12-16(21)8-11-18(15)22(19)26(24,25)17-9-6-14(2)7-10-17/h6-13,20,23H,3-5H2,1-2H3. The Kier molecular flexibility index (Phi) is 5.16. The molecule has 6 heteroatoms. The first-order chi connectivity index (χ1) is 12.3. The summed E-state index contributed by atoms with van der Waals surface area (Å²) in [5, 5.41) is 11.0. The number of rotatable bonds is 6. The molecular weight excluding hydrogens is 353 g/mol. The molecule has 0 amide bonds. The van der Waals surface area contributed by atoms with Crippen LogP contribution in [0.2, 0.25) is 0 Å². The number of aryl methyl sites for hydroxylation is 1. The zero-order valence-electron chi connectivity index (χ0n) is 14.8. The molecule has 1 N–H and O–H groups in total. The maximum atomic E-state index is 13.6. The average molecular weight is 375 g/mol. The van der Waals surface area contributed by atoms with Crippen molar-refractivity contribution in [1.29, 1.82) is 0 Å². The molecule has 0 radical (unpaired) electrons. The normalized spacial score (nSPS) is 13.2. The predicted octanol–water partition coefficient (Wildman–Crippen LogP) is 4.55. The van der Waals surface area contributed by atoms with E-state index in [0.29, 0.717) is 17.3 Å². The summed E-state index contributed by atoms with van der Waals surface area (Å²) in [4.78, 5) is 0.133. The van der Waals surface area contributed by atoms with Crippen LogP contribution in [0.4, 0.5) is 4.39 Å². The number of nitrogens with zero attached hydrogens (tertiary/aromatic N) is 1. The fourth-order valence-electron chi connectivity index (χ4n) is 3.04. The van der Waals surface area contributed by atoms with Gasteiger partial charge in [0.25, 0.3) is 10.0 Å². The monoisotopic (exact) mass is 375 g/mol. The highest BCUT2D eigenvalue weighted by Crippen LogP contribution is 2.31. The van der Waals surface area contributed by atoms with Crippen LogP contribution in [-0.4, -0.2) is 17.5 Å². The van der Waals surface area contributed by atoms with Crippen molar-refractivity contribution < 1.29 is 17.9 Å². The summed E-state index contributed by atoms with van der Waals surface area (Å²) in [7, 11) is -3.92. The van der Waals surface area contributed by atoms with E-state index in [9.17, 15) is 17.9 Å². The molecule has 1 unspecified atom stereocenters. The second kappa shape index (κ2) is 7.21. The molecule has 0 aliphatic carbocycles. The molecule has 0 saturated heterocycles. The first-order valence-electron chi connectivity index (χ1n) is 8.66. The van der Waals surface area contributed by atoms with Gasteiger partial charge in [-0.3, -0.25) is 0 Å². The van der Waals surface area contributed by atoms with Gasteiger partial charge in [0, 0.05) is 5.39 Å². The Morgan fingerprint density at radius 3 is 2.46 bits per heavy atom. The molecular formula is C20H22FNO3S. The molecule has 0 saturated carbocycles. The minimum absolute atomic E-state index is 0.133. The van der Waals surface area contributed by atoms with Crippen LogP contribution in [0, 0.1) is 12.7 Å². The quantitative estimate of drug-likeness (QED) is 0.688. The predicted molar refractivity (Wildman–Crippen MR) is 100 cm³/mol. The van der Waals surface area contributed by atoms with E-state index >= 15 is 0 Å². The summed E-state index contributed by atoms with van der Waals surface area (Å²) in [5.74, 6) is -0.447. The topological polar surface area (TPSA) is 59.3 Å². The van der Waals surface area contributed by atoms with E-state index in [2.05, 4.69) is 0 Å². The number of aliphatic hydroxyl groups is 1. The van der Waals surface area contributed by atoms with Crippen LogP contribution in [0.3, 0.4) is 0 Å². The van der Waals surface area contributed by atoms with E-state index in [1.54, 1.807) is 30.3 Å². The fourth-order valence-corrected chi connectivity index (χ4v) is 4.61. The summed E-state index contributed by atoms with van der Waals surface area (Å²) in [5.41, 5.74) is 1.57. The SMILES string of the molecule is CCCCC(O)c1cc2cc(F)ccc2n1S(=O)(=O)c1ccc(C)cc1. The molecule has 1 atom stereocenters. The number of aromatic nitrogens is 1.